The molecule has 0 fully saturated rings. The molecular weight excluding hydrogens is 224 g/mol. The highest BCUT2D eigenvalue weighted by atomic mass is 35.5. The van der Waals surface area contributed by atoms with Crippen LogP contribution in [0.5, 0.6) is 0 Å². The topological polar surface area (TPSA) is 33.2 Å². The molecule has 0 aliphatic heterocycles. The van der Waals surface area contributed by atoms with Crippen molar-refractivity contribution >= 4 is 17.5 Å². The first-order valence-electron chi connectivity index (χ1n) is 5.37. The average Bonchev–Trinajstić information content (AvgIpc) is 2.26. The number of rotatable bonds is 4. The molecule has 0 saturated carbocycles. The Labute approximate surface area is 101 Å². The van der Waals surface area contributed by atoms with Gasteiger partial charge in [-0.15, -0.1) is 11.6 Å². The van der Waals surface area contributed by atoms with Gasteiger partial charge < -0.3 is 4.90 Å². The minimum absolute atomic E-state index is 0.0534. The lowest BCUT2D eigenvalue weighted by molar-refractivity contribution is -0.132. The number of aromatic nitrogens is 1. The van der Waals surface area contributed by atoms with Crippen LogP contribution < -0.4 is 0 Å². The highest BCUT2D eigenvalue weighted by Gasteiger charge is 2.21. The third-order valence-electron chi connectivity index (χ3n) is 2.31. The number of hydrogen-bond acceptors (Lipinski definition) is 2. The third-order valence-corrected chi connectivity index (χ3v) is 2.49. The first kappa shape index (κ1) is 13.0. The Morgan fingerprint density at radius 2 is 2.12 bits per heavy atom. The zero-order chi connectivity index (χ0) is 12.1. The van der Waals surface area contributed by atoms with E-state index in [4.69, 9.17) is 11.6 Å². The molecule has 1 heterocycles. The van der Waals surface area contributed by atoms with Crippen LogP contribution in [-0.4, -0.2) is 27.2 Å². The summed E-state index contributed by atoms with van der Waals surface area (Å²) in [5, 5.41) is -0.494. The van der Waals surface area contributed by atoms with Gasteiger partial charge >= 0.3 is 0 Å². The SMILES string of the molecule is CC(Cl)C(=O)N(Cc1ccccn1)C(C)C. The molecule has 0 aliphatic carbocycles. The number of hydrogen-bond donors (Lipinski definition) is 0. The van der Waals surface area contributed by atoms with Crippen LogP contribution in [0.25, 0.3) is 0 Å². The summed E-state index contributed by atoms with van der Waals surface area (Å²) in [4.78, 5) is 17.8. The fourth-order valence-corrected chi connectivity index (χ4v) is 1.54. The third kappa shape index (κ3) is 3.49. The zero-order valence-electron chi connectivity index (χ0n) is 9.85. The summed E-state index contributed by atoms with van der Waals surface area (Å²) in [5.41, 5.74) is 0.877. The van der Waals surface area contributed by atoms with Crippen molar-refractivity contribution in [3.8, 4) is 0 Å². The smallest absolute Gasteiger partial charge is 0.240 e. The number of carbonyl (C=O) groups is 1. The fraction of sp³-hybridized carbons (Fsp3) is 0.500. The van der Waals surface area contributed by atoms with Gasteiger partial charge in [-0.2, -0.15) is 0 Å². The Morgan fingerprint density at radius 1 is 1.44 bits per heavy atom. The molecule has 0 aliphatic rings. The van der Waals surface area contributed by atoms with Crippen molar-refractivity contribution in [2.75, 3.05) is 0 Å². The van der Waals surface area contributed by atoms with Crippen LogP contribution in [0.4, 0.5) is 0 Å². The number of pyridine rings is 1. The predicted molar refractivity (Wildman–Crippen MR) is 65.2 cm³/mol. The number of amides is 1. The summed E-state index contributed by atoms with van der Waals surface area (Å²) >= 11 is 5.82. The van der Waals surface area contributed by atoms with Gasteiger partial charge in [-0.25, -0.2) is 0 Å². The monoisotopic (exact) mass is 240 g/mol. The van der Waals surface area contributed by atoms with Gasteiger partial charge in [0.05, 0.1) is 12.2 Å². The molecule has 0 saturated heterocycles. The maximum Gasteiger partial charge on any atom is 0.240 e. The van der Waals surface area contributed by atoms with E-state index in [0.29, 0.717) is 6.54 Å². The molecule has 1 unspecified atom stereocenters. The Hall–Kier alpha value is -1.09. The molecular formula is C12H17ClN2O. The van der Waals surface area contributed by atoms with E-state index in [-0.39, 0.29) is 11.9 Å². The zero-order valence-corrected chi connectivity index (χ0v) is 10.6. The molecule has 3 nitrogen and oxygen atoms in total. The second kappa shape index (κ2) is 5.85. The van der Waals surface area contributed by atoms with Crippen LogP contribution in [0.2, 0.25) is 0 Å². The van der Waals surface area contributed by atoms with Crippen molar-refractivity contribution in [3.05, 3.63) is 30.1 Å². The van der Waals surface area contributed by atoms with Crippen LogP contribution >= 0.6 is 11.6 Å². The number of alkyl halides is 1. The second-order valence-corrected chi connectivity index (χ2v) is 4.65. The van der Waals surface area contributed by atoms with E-state index in [1.54, 1.807) is 18.0 Å². The lowest BCUT2D eigenvalue weighted by Crippen LogP contribution is -2.40. The molecule has 0 bridgehead atoms. The predicted octanol–water partition coefficient (Wildman–Crippen LogP) is 2.45. The van der Waals surface area contributed by atoms with Gasteiger partial charge in [0.25, 0.3) is 0 Å². The molecule has 0 spiro atoms. The number of halogens is 1. The fourth-order valence-electron chi connectivity index (χ4n) is 1.41. The minimum Gasteiger partial charge on any atom is -0.333 e. The van der Waals surface area contributed by atoms with E-state index in [9.17, 15) is 4.79 Å². The first-order valence-corrected chi connectivity index (χ1v) is 5.80. The van der Waals surface area contributed by atoms with Crippen molar-refractivity contribution in [2.24, 2.45) is 0 Å². The van der Waals surface area contributed by atoms with Crippen LogP contribution in [0, 0.1) is 0 Å². The Morgan fingerprint density at radius 3 is 2.56 bits per heavy atom. The average molecular weight is 241 g/mol. The van der Waals surface area contributed by atoms with Gasteiger partial charge in [0, 0.05) is 12.2 Å². The van der Waals surface area contributed by atoms with Crippen molar-refractivity contribution in [1.29, 1.82) is 0 Å². The normalized spacial score (nSPS) is 12.6. The van der Waals surface area contributed by atoms with E-state index in [1.165, 1.54) is 0 Å². The van der Waals surface area contributed by atoms with Crippen molar-refractivity contribution < 1.29 is 4.79 Å². The molecule has 4 heteroatoms. The maximum absolute atomic E-state index is 11.9. The largest absolute Gasteiger partial charge is 0.333 e. The van der Waals surface area contributed by atoms with Crippen molar-refractivity contribution in [2.45, 2.75) is 38.7 Å². The van der Waals surface area contributed by atoms with E-state index >= 15 is 0 Å². The summed E-state index contributed by atoms with van der Waals surface area (Å²) in [7, 11) is 0. The summed E-state index contributed by atoms with van der Waals surface area (Å²) in [6, 6.07) is 5.79. The number of carbonyl (C=O) groups excluding carboxylic acids is 1. The standard InChI is InChI=1S/C12H17ClN2O/c1-9(2)15(12(16)10(3)13)8-11-6-4-5-7-14-11/h4-7,9-10H,8H2,1-3H3. The second-order valence-electron chi connectivity index (χ2n) is 4.00. The van der Waals surface area contributed by atoms with Crippen LogP contribution in [0.15, 0.2) is 24.4 Å². The molecule has 88 valence electrons. The minimum atomic E-state index is -0.494. The molecule has 0 radical (unpaired) electrons. The van der Waals surface area contributed by atoms with E-state index in [0.717, 1.165) is 5.69 Å². The molecule has 1 amide bonds. The van der Waals surface area contributed by atoms with Gasteiger partial charge in [0.15, 0.2) is 0 Å². The van der Waals surface area contributed by atoms with Crippen LogP contribution in [0.3, 0.4) is 0 Å². The Kier molecular flexibility index (Phi) is 4.74. The Bertz CT molecular complexity index is 338. The molecule has 16 heavy (non-hydrogen) atoms. The first-order chi connectivity index (χ1) is 7.52. The molecule has 1 aromatic rings. The summed E-state index contributed by atoms with van der Waals surface area (Å²) < 4.78 is 0. The van der Waals surface area contributed by atoms with Crippen LogP contribution in [0.1, 0.15) is 26.5 Å². The van der Waals surface area contributed by atoms with Gasteiger partial charge in [0.1, 0.15) is 5.38 Å². The summed E-state index contributed by atoms with van der Waals surface area (Å²) in [6.45, 7) is 6.15. The van der Waals surface area contributed by atoms with E-state index in [1.807, 2.05) is 32.0 Å². The lowest BCUT2D eigenvalue weighted by atomic mass is 10.2. The van der Waals surface area contributed by atoms with Gasteiger partial charge in [-0.05, 0) is 32.9 Å². The molecule has 0 aromatic carbocycles. The Balaban J connectivity index is 2.77. The maximum atomic E-state index is 11.9. The number of nitrogens with zero attached hydrogens (tertiary/aromatic N) is 2. The van der Waals surface area contributed by atoms with Gasteiger partial charge in [-0.1, -0.05) is 6.07 Å². The molecule has 1 rings (SSSR count). The highest BCUT2D eigenvalue weighted by Crippen LogP contribution is 2.10. The summed E-state index contributed by atoms with van der Waals surface area (Å²) in [5.74, 6) is -0.0534. The highest BCUT2D eigenvalue weighted by molar-refractivity contribution is 6.30. The van der Waals surface area contributed by atoms with E-state index in [2.05, 4.69) is 4.98 Å². The van der Waals surface area contributed by atoms with Gasteiger partial charge in [0.2, 0.25) is 5.91 Å². The van der Waals surface area contributed by atoms with Crippen molar-refractivity contribution in [1.82, 2.24) is 9.88 Å². The van der Waals surface area contributed by atoms with Crippen LogP contribution in [-0.2, 0) is 11.3 Å². The molecule has 1 aromatic heterocycles. The molecule has 1 atom stereocenters. The molecule has 0 N–H and O–H groups in total. The van der Waals surface area contributed by atoms with E-state index < -0.39 is 5.38 Å². The summed E-state index contributed by atoms with van der Waals surface area (Å²) in [6.07, 6.45) is 1.72. The quantitative estimate of drug-likeness (QED) is 0.758. The van der Waals surface area contributed by atoms with Crippen molar-refractivity contribution in [3.63, 3.8) is 0 Å². The lowest BCUT2D eigenvalue weighted by Gasteiger charge is -2.27. The van der Waals surface area contributed by atoms with Gasteiger partial charge in [-0.3, -0.25) is 9.78 Å².